The highest BCUT2D eigenvalue weighted by Crippen LogP contribution is 2.34. The van der Waals surface area contributed by atoms with Gasteiger partial charge in [-0.3, -0.25) is 4.79 Å². The smallest absolute Gasteiger partial charge is 0.250 e. The highest BCUT2D eigenvalue weighted by molar-refractivity contribution is 7.15. The highest BCUT2D eigenvalue weighted by Gasteiger charge is 2.17. The van der Waals surface area contributed by atoms with Crippen LogP contribution in [0.3, 0.4) is 0 Å². The monoisotopic (exact) mass is 402 g/mol. The SMILES string of the molecule is COc1ccc(-c2nc(C)c(C(C)Nc3ncc(C(N)=O)cc3Cl)s2)cc1. The van der Waals surface area contributed by atoms with E-state index < -0.39 is 5.91 Å². The van der Waals surface area contributed by atoms with Crippen molar-refractivity contribution < 1.29 is 9.53 Å². The zero-order chi connectivity index (χ0) is 19.6. The second-order valence-electron chi connectivity index (χ2n) is 5.98. The van der Waals surface area contributed by atoms with Gasteiger partial charge in [-0.2, -0.15) is 0 Å². The van der Waals surface area contributed by atoms with Crippen molar-refractivity contribution in [3.05, 3.63) is 57.7 Å². The standard InChI is InChI=1S/C19H19ClN4O2S/c1-10(23-18-15(20)8-13(9-22-18)17(21)25)16-11(2)24-19(27-16)12-4-6-14(26-3)7-5-12/h4-10H,1-3H3,(H2,21,25)(H,22,23). The van der Waals surface area contributed by atoms with Crippen LogP contribution in [0.2, 0.25) is 5.02 Å². The Hall–Kier alpha value is -2.64. The van der Waals surface area contributed by atoms with Crippen LogP contribution in [0.5, 0.6) is 5.75 Å². The maximum atomic E-state index is 11.2. The number of nitrogens with zero attached hydrogens (tertiary/aromatic N) is 2. The number of anilines is 1. The average Bonchev–Trinajstić information content (AvgIpc) is 3.05. The first-order valence-electron chi connectivity index (χ1n) is 8.22. The lowest BCUT2D eigenvalue weighted by molar-refractivity contribution is 0.1000. The number of hydrogen-bond acceptors (Lipinski definition) is 6. The minimum atomic E-state index is -0.563. The summed E-state index contributed by atoms with van der Waals surface area (Å²) in [5.41, 5.74) is 7.49. The Morgan fingerprint density at radius 2 is 2.04 bits per heavy atom. The minimum Gasteiger partial charge on any atom is -0.497 e. The number of rotatable bonds is 6. The molecular weight excluding hydrogens is 384 g/mol. The molecule has 1 unspecified atom stereocenters. The molecule has 1 amide bonds. The molecule has 0 radical (unpaired) electrons. The molecule has 27 heavy (non-hydrogen) atoms. The number of thiazole rings is 1. The van der Waals surface area contributed by atoms with Gasteiger partial charge < -0.3 is 15.8 Å². The number of pyridine rings is 1. The molecule has 0 saturated heterocycles. The first-order chi connectivity index (χ1) is 12.9. The molecule has 140 valence electrons. The van der Waals surface area contributed by atoms with Gasteiger partial charge in [0.2, 0.25) is 5.91 Å². The predicted octanol–water partition coefficient (Wildman–Crippen LogP) is 4.45. The summed E-state index contributed by atoms with van der Waals surface area (Å²) >= 11 is 7.83. The van der Waals surface area contributed by atoms with E-state index in [1.165, 1.54) is 12.3 Å². The highest BCUT2D eigenvalue weighted by atomic mass is 35.5. The Morgan fingerprint density at radius 1 is 1.33 bits per heavy atom. The van der Waals surface area contributed by atoms with Crippen molar-refractivity contribution in [1.82, 2.24) is 9.97 Å². The molecule has 8 heteroatoms. The number of nitrogens with two attached hydrogens (primary N) is 1. The third kappa shape index (κ3) is 4.20. The lowest BCUT2D eigenvalue weighted by Gasteiger charge is -2.15. The van der Waals surface area contributed by atoms with Crippen molar-refractivity contribution in [2.24, 2.45) is 5.73 Å². The van der Waals surface area contributed by atoms with E-state index in [1.807, 2.05) is 38.1 Å². The Morgan fingerprint density at radius 3 is 2.63 bits per heavy atom. The summed E-state index contributed by atoms with van der Waals surface area (Å²) in [7, 11) is 1.64. The third-order valence-electron chi connectivity index (χ3n) is 4.04. The number of primary amides is 1. The Bertz CT molecular complexity index is 972. The van der Waals surface area contributed by atoms with E-state index >= 15 is 0 Å². The summed E-state index contributed by atoms with van der Waals surface area (Å²) in [5, 5.41) is 4.55. The number of carbonyl (C=O) groups is 1. The first-order valence-corrected chi connectivity index (χ1v) is 9.42. The fraction of sp³-hybridized carbons (Fsp3) is 0.211. The van der Waals surface area contributed by atoms with Crippen LogP contribution in [0.15, 0.2) is 36.5 Å². The van der Waals surface area contributed by atoms with Crippen LogP contribution in [-0.2, 0) is 0 Å². The number of halogens is 1. The number of benzene rings is 1. The molecule has 0 aliphatic heterocycles. The largest absolute Gasteiger partial charge is 0.497 e. The zero-order valence-electron chi connectivity index (χ0n) is 15.1. The summed E-state index contributed by atoms with van der Waals surface area (Å²) in [6.07, 6.45) is 1.41. The van der Waals surface area contributed by atoms with Gasteiger partial charge in [0.15, 0.2) is 0 Å². The summed E-state index contributed by atoms with van der Waals surface area (Å²) < 4.78 is 5.20. The first kappa shape index (κ1) is 19.1. The number of methoxy groups -OCH3 is 1. The van der Waals surface area contributed by atoms with Crippen LogP contribution in [0.25, 0.3) is 10.6 Å². The van der Waals surface area contributed by atoms with Gasteiger partial charge in [0, 0.05) is 16.6 Å². The molecule has 3 aromatic rings. The van der Waals surface area contributed by atoms with Gasteiger partial charge >= 0.3 is 0 Å². The molecule has 0 aliphatic carbocycles. The van der Waals surface area contributed by atoms with E-state index in [0.29, 0.717) is 10.8 Å². The van der Waals surface area contributed by atoms with Crippen molar-refractivity contribution in [3.8, 4) is 16.3 Å². The lowest BCUT2D eigenvalue weighted by Crippen LogP contribution is -2.13. The maximum Gasteiger partial charge on any atom is 0.250 e. The molecule has 0 saturated carbocycles. The van der Waals surface area contributed by atoms with Crippen molar-refractivity contribution in [3.63, 3.8) is 0 Å². The fourth-order valence-corrected chi connectivity index (χ4v) is 3.91. The van der Waals surface area contributed by atoms with E-state index in [-0.39, 0.29) is 11.6 Å². The molecule has 2 heterocycles. The van der Waals surface area contributed by atoms with Gasteiger partial charge in [-0.15, -0.1) is 11.3 Å². The van der Waals surface area contributed by atoms with Gasteiger partial charge in [-0.05, 0) is 44.2 Å². The number of ether oxygens (including phenoxy) is 1. The van der Waals surface area contributed by atoms with Gasteiger partial charge in [-0.1, -0.05) is 11.6 Å². The van der Waals surface area contributed by atoms with Crippen LogP contribution in [0, 0.1) is 6.92 Å². The van der Waals surface area contributed by atoms with Gasteiger partial charge in [0.05, 0.1) is 29.4 Å². The van der Waals surface area contributed by atoms with Crippen LogP contribution in [0.1, 0.15) is 33.9 Å². The molecule has 2 aromatic heterocycles. The van der Waals surface area contributed by atoms with Crippen molar-refractivity contribution in [2.75, 3.05) is 12.4 Å². The molecule has 1 atom stereocenters. The molecule has 1 aromatic carbocycles. The quantitative estimate of drug-likeness (QED) is 0.635. The minimum absolute atomic E-state index is 0.0565. The maximum absolute atomic E-state index is 11.2. The van der Waals surface area contributed by atoms with Crippen LogP contribution in [0.4, 0.5) is 5.82 Å². The topological polar surface area (TPSA) is 90.1 Å². The molecule has 0 bridgehead atoms. The number of hydrogen-bond donors (Lipinski definition) is 2. The van der Waals surface area contributed by atoms with Crippen molar-refractivity contribution in [2.45, 2.75) is 19.9 Å². The van der Waals surface area contributed by atoms with Crippen LogP contribution >= 0.6 is 22.9 Å². The second kappa shape index (κ2) is 7.94. The summed E-state index contributed by atoms with van der Waals surface area (Å²) in [4.78, 5) is 21.2. The summed E-state index contributed by atoms with van der Waals surface area (Å²) in [6, 6.07) is 9.25. The van der Waals surface area contributed by atoms with Gasteiger partial charge in [0.1, 0.15) is 16.6 Å². The normalized spacial score (nSPS) is 11.9. The number of aryl methyl sites for hydroxylation is 1. The van der Waals surface area contributed by atoms with E-state index in [0.717, 1.165) is 26.9 Å². The van der Waals surface area contributed by atoms with Gasteiger partial charge in [-0.25, -0.2) is 9.97 Å². The molecule has 0 spiro atoms. The zero-order valence-corrected chi connectivity index (χ0v) is 16.7. The van der Waals surface area contributed by atoms with E-state index in [1.54, 1.807) is 18.4 Å². The molecule has 6 nitrogen and oxygen atoms in total. The van der Waals surface area contributed by atoms with Crippen LogP contribution < -0.4 is 15.8 Å². The molecule has 0 fully saturated rings. The van der Waals surface area contributed by atoms with E-state index in [2.05, 4.69) is 15.3 Å². The summed E-state index contributed by atoms with van der Waals surface area (Å²) in [5.74, 6) is 0.738. The Kier molecular flexibility index (Phi) is 5.62. The number of aromatic nitrogens is 2. The Labute approximate surface area is 166 Å². The van der Waals surface area contributed by atoms with Crippen molar-refractivity contribution in [1.29, 1.82) is 0 Å². The predicted molar refractivity (Wildman–Crippen MR) is 109 cm³/mol. The number of amides is 1. The molecular formula is C19H19ClN4O2S. The average molecular weight is 403 g/mol. The molecule has 0 aliphatic rings. The molecule has 3 N–H and O–H groups in total. The number of carbonyl (C=O) groups excluding carboxylic acids is 1. The van der Waals surface area contributed by atoms with E-state index in [9.17, 15) is 4.79 Å². The number of nitrogens with one attached hydrogen (secondary N) is 1. The summed E-state index contributed by atoms with van der Waals surface area (Å²) in [6.45, 7) is 3.99. The van der Waals surface area contributed by atoms with Crippen molar-refractivity contribution >= 4 is 34.7 Å². The third-order valence-corrected chi connectivity index (χ3v) is 5.72. The fourth-order valence-electron chi connectivity index (χ4n) is 2.62. The van der Waals surface area contributed by atoms with E-state index in [4.69, 9.17) is 22.1 Å². The Balaban J connectivity index is 1.82. The van der Waals surface area contributed by atoms with Crippen LogP contribution in [-0.4, -0.2) is 23.0 Å². The lowest BCUT2D eigenvalue weighted by atomic mass is 10.2. The molecule has 3 rings (SSSR count). The van der Waals surface area contributed by atoms with Gasteiger partial charge in [0.25, 0.3) is 0 Å². The second-order valence-corrected chi connectivity index (χ2v) is 7.42.